The van der Waals surface area contributed by atoms with Crippen molar-refractivity contribution in [3.8, 4) is 5.75 Å². The molecule has 2 aromatic carbocycles. The van der Waals surface area contributed by atoms with Gasteiger partial charge < -0.3 is 4.74 Å². The second-order valence-corrected chi connectivity index (χ2v) is 5.83. The van der Waals surface area contributed by atoms with E-state index in [1.165, 1.54) is 11.1 Å². The summed E-state index contributed by atoms with van der Waals surface area (Å²) in [6.45, 7) is 0.720. The van der Waals surface area contributed by atoms with Crippen LogP contribution in [0.5, 0.6) is 5.75 Å². The first-order chi connectivity index (χ1) is 8.75. The van der Waals surface area contributed by atoms with E-state index in [0.29, 0.717) is 5.92 Å². The molecule has 2 aromatic rings. The molecule has 3 rings (SSSR count). The van der Waals surface area contributed by atoms with Crippen LogP contribution in [0.3, 0.4) is 0 Å². The summed E-state index contributed by atoms with van der Waals surface area (Å²) in [6.07, 6.45) is 0. The molecule has 18 heavy (non-hydrogen) atoms. The number of hydrogen-bond acceptors (Lipinski definition) is 1. The number of ether oxygens (including phenoxy) is 1. The predicted molar refractivity (Wildman–Crippen MR) is 77.8 cm³/mol. The van der Waals surface area contributed by atoms with Crippen molar-refractivity contribution < 1.29 is 4.74 Å². The molecule has 0 amide bonds. The van der Waals surface area contributed by atoms with E-state index in [0.717, 1.165) is 17.4 Å². The van der Waals surface area contributed by atoms with Gasteiger partial charge in [0, 0.05) is 21.3 Å². The minimum Gasteiger partial charge on any atom is -0.493 e. The standard InChI is InChI=1S/C15H12BrClO/c16-15(10-5-7-11(17)8-6-10)13-9-18-14-4-2-1-3-12(13)14/h1-8,13,15H,9H2. The molecule has 0 N–H and O–H groups in total. The summed E-state index contributed by atoms with van der Waals surface area (Å²) >= 11 is 9.70. The Morgan fingerprint density at radius 3 is 2.61 bits per heavy atom. The molecule has 3 heteroatoms. The van der Waals surface area contributed by atoms with E-state index in [1.807, 2.05) is 24.3 Å². The second-order valence-electron chi connectivity index (χ2n) is 4.41. The molecule has 1 heterocycles. The van der Waals surface area contributed by atoms with Crippen molar-refractivity contribution in [3.05, 3.63) is 64.7 Å². The highest BCUT2D eigenvalue weighted by Gasteiger charge is 2.30. The van der Waals surface area contributed by atoms with E-state index in [4.69, 9.17) is 16.3 Å². The largest absolute Gasteiger partial charge is 0.493 e. The summed E-state index contributed by atoms with van der Waals surface area (Å²) in [5, 5.41) is 0.765. The fraction of sp³-hybridized carbons (Fsp3) is 0.200. The van der Waals surface area contributed by atoms with Crippen LogP contribution < -0.4 is 4.74 Å². The number of benzene rings is 2. The Morgan fingerprint density at radius 2 is 1.83 bits per heavy atom. The highest BCUT2D eigenvalue weighted by molar-refractivity contribution is 9.09. The van der Waals surface area contributed by atoms with Crippen molar-refractivity contribution in [1.29, 1.82) is 0 Å². The maximum absolute atomic E-state index is 5.92. The number of halogens is 2. The fourth-order valence-electron chi connectivity index (χ4n) is 2.31. The Hall–Kier alpha value is -0.990. The normalized spacial score (nSPS) is 19.1. The first-order valence-corrected chi connectivity index (χ1v) is 7.16. The van der Waals surface area contributed by atoms with Crippen LogP contribution in [0.4, 0.5) is 0 Å². The van der Waals surface area contributed by atoms with Crippen LogP contribution in [-0.4, -0.2) is 6.61 Å². The highest BCUT2D eigenvalue weighted by Crippen LogP contribution is 2.45. The molecular weight excluding hydrogens is 312 g/mol. The molecular formula is C15H12BrClO. The first-order valence-electron chi connectivity index (χ1n) is 5.87. The summed E-state index contributed by atoms with van der Waals surface area (Å²) in [4.78, 5) is 0.249. The lowest BCUT2D eigenvalue weighted by molar-refractivity contribution is 0.329. The van der Waals surface area contributed by atoms with Gasteiger partial charge in [-0.1, -0.05) is 57.9 Å². The third-order valence-electron chi connectivity index (χ3n) is 3.28. The van der Waals surface area contributed by atoms with Crippen molar-refractivity contribution in [2.75, 3.05) is 6.61 Å². The Labute approximate surface area is 120 Å². The molecule has 0 radical (unpaired) electrons. The summed E-state index contributed by atoms with van der Waals surface area (Å²) in [7, 11) is 0. The Kier molecular flexibility index (Phi) is 3.31. The third kappa shape index (κ3) is 2.15. The zero-order valence-corrected chi connectivity index (χ0v) is 12.0. The summed E-state index contributed by atoms with van der Waals surface area (Å²) in [5.41, 5.74) is 2.50. The minimum absolute atomic E-state index is 0.249. The lowest BCUT2D eigenvalue weighted by Gasteiger charge is -2.17. The molecule has 92 valence electrons. The monoisotopic (exact) mass is 322 g/mol. The van der Waals surface area contributed by atoms with Crippen molar-refractivity contribution in [2.45, 2.75) is 10.7 Å². The van der Waals surface area contributed by atoms with E-state index in [-0.39, 0.29) is 4.83 Å². The molecule has 2 atom stereocenters. The van der Waals surface area contributed by atoms with Crippen molar-refractivity contribution in [2.24, 2.45) is 0 Å². The van der Waals surface area contributed by atoms with Gasteiger partial charge in [-0.25, -0.2) is 0 Å². The van der Waals surface area contributed by atoms with E-state index in [1.54, 1.807) is 0 Å². The topological polar surface area (TPSA) is 9.23 Å². The molecule has 0 bridgehead atoms. The summed E-state index contributed by atoms with van der Waals surface area (Å²) in [5.74, 6) is 1.35. The number of rotatable bonds is 2. The van der Waals surface area contributed by atoms with Gasteiger partial charge in [0.1, 0.15) is 5.75 Å². The maximum atomic E-state index is 5.92. The first kappa shape index (κ1) is 12.1. The lowest BCUT2D eigenvalue weighted by atomic mass is 9.94. The van der Waals surface area contributed by atoms with Crippen LogP contribution in [0.1, 0.15) is 21.9 Å². The van der Waals surface area contributed by atoms with Gasteiger partial charge in [-0.15, -0.1) is 0 Å². The van der Waals surface area contributed by atoms with Gasteiger partial charge in [0.2, 0.25) is 0 Å². The smallest absolute Gasteiger partial charge is 0.122 e. The van der Waals surface area contributed by atoms with Crippen LogP contribution in [0.15, 0.2) is 48.5 Å². The molecule has 0 saturated carbocycles. The second kappa shape index (κ2) is 4.94. The van der Waals surface area contributed by atoms with Gasteiger partial charge >= 0.3 is 0 Å². The van der Waals surface area contributed by atoms with Crippen LogP contribution in [0, 0.1) is 0 Å². The zero-order chi connectivity index (χ0) is 12.5. The molecule has 2 unspecified atom stereocenters. The zero-order valence-electron chi connectivity index (χ0n) is 9.64. The van der Waals surface area contributed by atoms with Gasteiger partial charge in [-0.3, -0.25) is 0 Å². The Balaban J connectivity index is 1.90. The third-order valence-corrected chi connectivity index (χ3v) is 4.70. The van der Waals surface area contributed by atoms with E-state index >= 15 is 0 Å². The number of alkyl halides is 1. The average molecular weight is 324 g/mol. The van der Waals surface area contributed by atoms with Gasteiger partial charge in [0.25, 0.3) is 0 Å². The molecule has 1 nitrogen and oxygen atoms in total. The summed E-state index contributed by atoms with van der Waals surface area (Å²) in [6, 6.07) is 16.2. The number of hydrogen-bond donors (Lipinski definition) is 0. The molecule has 0 aromatic heterocycles. The van der Waals surface area contributed by atoms with Crippen LogP contribution in [0.25, 0.3) is 0 Å². The molecule has 1 aliphatic heterocycles. The fourth-order valence-corrected chi connectivity index (χ4v) is 3.18. The SMILES string of the molecule is Clc1ccc(C(Br)C2COc3ccccc32)cc1. The quantitative estimate of drug-likeness (QED) is 0.710. The van der Waals surface area contributed by atoms with Gasteiger partial charge in [-0.05, 0) is 23.8 Å². The molecule has 0 saturated heterocycles. The van der Waals surface area contributed by atoms with Gasteiger partial charge in [0.05, 0.1) is 6.61 Å². The van der Waals surface area contributed by atoms with E-state index in [9.17, 15) is 0 Å². The van der Waals surface area contributed by atoms with Gasteiger partial charge in [0.15, 0.2) is 0 Å². The molecule has 0 fully saturated rings. The van der Waals surface area contributed by atoms with Crippen molar-refractivity contribution in [1.82, 2.24) is 0 Å². The lowest BCUT2D eigenvalue weighted by Crippen LogP contribution is -2.07. The molecule has 0 aliphatic carbocycles. The molecule has 1 aliphatic rings. The number of fused-ring (bicyclic) bond motifs is 1. The maximum Gasteiger partial charge on any atom is 0.122 e. The van der Waals surface area contributed by atoms with E-state index in [2.05, 4.69) is 40.2 Å². The Bertz CT molecular complexity index is 553. The van der Waals surface area contributed by atoms with Crippen LogP contribution in [0.2, 0.25) is 5.02 Å². The average Bonchev–Trinajstić information content (AvgIpc) is 2.82. The van der Waals surface area contributed by atoms with E-state index < -0.39 is 0 Å². The molecule has 0 spiro atoms. The van der Waals surface area contributed by atoms with Gasteiger partial charge in [-0.2, -0.15) is 0 Å². The summed E-state index contributed by atoms with van der Waals surface area (Å²) < 4.78 is 5.72. The predicted octanol–water partition coefficient (Wildman–Crippen LogP) is 4.95. The number of para-hydroxylation sites is 1. The van der Waals surface area contributed by atoms with Crippen LogP contribution >= 0.6 is 27.5 Å². The van der Waals surface area contributed by atoms with Crippen LogP contribution in [-0.2, 0) is 0 Å². The highest BCUT2D eigenvalue weighted by atomic mass is 79.9. The Morgan fingerprint density at radius 1 is 1.11 bits per heavy atom. The van der Waals surface area contributed by atoms with Crippen molar-refractivity contribution in [3.63, 3.8) is 0 Å². The van der Waals surface area contributed by atoms with Crippen molar-refractivity contribution >= 4 is 27.5 Å². The minimum atomic E-state index is 0.249.